The minimum Gasteiger partial charge on any atom is -0.341 e. The SMILES string of the molecule is CCCNC1CCCN(CC(C)(C)CN(C)C)C1=O. The van der Waals surface area contributed by atoms with Crippen LogP contribution in [0, 0.1) is 5.41 Å². The average Bonchev–Trinajstić information content (AvgIpc) is 2.28. The van der Waals surface area contributed by atoms with Gasteiger partial charge in [0.1, 0.15) is 0 Å². The quantitative estimate of drug-likeness (QED) is 0.762. The normalized spacial score (nSPS) is 21.3. The predicted molar refractivity (Wildman–Crippen MR) is 80.2 cm³/mol. The van der Waals surface area contributed by atoms with Crippen molar-refractivity contribution in [1.29, 1.82) is 0 Å². The van der Waals surface area contributed by atoms with Crippen molar-refractivity contribution in [2.45, 2.75) is 46.1 Å². The lowest BCUT2D eigenvalue weighted by Gasteiger charge is -2.39. The molecule has 4 heteroatoms. The second kappa shape index (κ2) is 7.25. The van der Waals surface area contributed by atoms with Crippen molar-refractivity contribution >= 4 is 5.91 Å². The van der Waals surface area contributed by atoms with Crippen LogP contribution in [0.15, 0.2) is 0 Å². The molecule has 19 heavy (non-hydrogen) atoms. The summed E-state index contributed by atoms with van der Waals surface area (Å²) >= 11 is 0. The van der Waals surface area contributed by atoms with Crippen molar-refractivity contribution in [3.8, 4) is 0 Å². The summed E-state index contributed by atoms with van der Waals surface area (Å²) in [7, 11) is 4.18. The Kier molecular flexibility index (Phi) is 6.27. The van der Waals surface area contributed by atoms with Gasteiger partial charge >= 0.3 is 0 Å². The zero-order valence-electron chi connectivity index (χ0n) is 13.3. The first-order valence-corrected chi connectivity index (χ1v) is 7.52. The fraction of sp³-hybridized carbons (Fsp3) is 0.933. The minimum atomic E-state index is 0.0452. The van der Waals surface area contributed by atoms with Crippen LogP contribution in [0.5, 0.6) is 0 Å². The van der Waals surface area contributed by atoms with Gasteiger partial charge in [-0.25, -0.2) is 0 Å². The molecule has 0 bridgehead atoms. The van der Waals surface area contributed by atoms with E-state index in [0.29, 0.717) is 5.91 Å². The Bertz CT molecular complexity index is 289. The van der Waals surface area contributed by atoms with Crippen molar-refractivity contribution < 1.29 is 4.79 Å². The summed E-state index contributed by atoms with van der Waals surface area (Å²) in [4.78, 5) is 16.7. The molecule has 0 spiro atoms. The van der Waals surface area contributed by atoms with E-state index in [1.165, 1.54) is 0 Å². The zero-order valence-corrected chi connectivity index (χ0v) is 13.3. The van der Waals surface area contributed by atoms with E-state index in [1.807, 2.05) is 0 Å². The van der Waals surface area contributed by atoms with Crippen molar-refractivity contribution in [2.75, 3.05) is 40.3 Å². The molecular weight excluding hydrogens is 238 g/mol. The fourth-order valence-corrected chi connectivity index (χ4v) is 3.03. The Labute approximate surface area is 118 Å². The van der Waals surface area contributed by atoms with E-state index >= 15 is 0 Å². The first-order valence-electron chi connectivity index (χ1n) is 7.52. The smallest absolute Gasteiger partial charge is 0.239 e. The molecule has 1 aliphatic rings. The molecule has 1 fully saturated rings. The third-order valence-electron chi connectivity index (χ3n) is 3.53. The van der Waals surface area contributed by atoms with Crippen molar-refractivity contribution in [2.24, 2.45) is 5.41 Å². The maximum absolute atomic E-state index is 12.4. The van der Waals surface area contributed by atoms with Crippen LogP contribution in [-0.4, -0.2) is 62.0 Å². The summed E-state index contributed by atoms with van der Waals surface area (Å²) in [5, 5.41) is 3.38. The summed E-state index contributed by atoms with van der Waals surface area (Å²) in [6, 6.07) is 0.0452. The molecule has 0 radical (unpaired) electrons. The number of rotatable bonds is 7. The van der Waals surface area contributed by atoms with Crippen LogP contribution in [0.3, 0.4) is 0 Å². The molecule has 0 aromatic carbocycles. The van der Waals surface area contributed by atoms with E-state index in [0.717, 1.165) is 45.4 Å². The maximum Gasteiger partial charge on any atom is 0.239 e. The summed E-state index contributed by atoms with van der Waals surface area (Å²) in [6.45, 7) is 10.3. The molecule has 0 aromatic heterocycles. The van der Waals surface area contributed by atoms with Crippen LogP contribution >= 0.6 is 0 Å². The largest absolute Gasteiger partial charge is 0.341 e. The monoisotopic (exact) mass is 269 g/mol. The number of amides is 1. The number of hydrogen-bond acceptors (Lipinski definition) is 3. The van der Waals surface area contributed by atoms with Gasteiger partial charge in [-0.3, -0.25) is 4.79 Å². The highest BCUT2D eigenvalue weighted by Crippen LogP contribution is 2.21. The molecule has 0 aromatic rings. The lowest BCUT2D eigenvalue weighted by Crippen LogP contribution is -2.53. The molecule has 1 atom stereocenters. The van der Waals surface area contributed by atoms with Crippen molar-refractivity contribution in [3.63, 3.8) is 0 Å². The topological polar surface area (TPSA) is 35.6 Å². The molecule has 1 rings (SSSR count). The van der Waals surface area contributed by atoms with Crippen LogP contribution in [0.4, 0.5) is 0 Å². The molecule has 0 aliphatic carbocycles. The molecule has 1 aliphatic heterocycles. The molecule has 0 saturated carbocycles. The van der Waals surface area contributed by atoms with Gasteiger partial charge in [0, 0.05) is 19.6 Å². The van der Waals surface area contributed by atoms with E-state index in [1.54, 1.807) is 0 Å². The van der Waals surface area contributed by atoms with E-state index in [-0.39, 0.29) is 11.5 Å². The average molecular weight is 269 g/mol. The number of piperidine rings is 1. The van der Waals surface area contributed by atoms with Crippen LogP contribution in [0.25, 0.3) is 0 Å². The summed E-state index contributed by atoms with van der Waals surface area (Å²) in [5.74, 6) is 0.298. The van der Waals surface area contributed by atoms with Gasteiger partial charge in [0.15, 0.2) is 0 Å². The van der Waals surface area contributed by atoms with Gasteiger partial charge in [-0.1, -0.05) is 20.8 Å². The molecule has 1 heterocycles. The molecule has 1 saturated heterocycles. The van der Waals surface area contributed by atoms with Gasteiger partial charge in [-0.2, -0.15) is 0 Å². The zero-order chi connectivity index (χ0) is 14.5. The van der Waals surface area contributed by atoms with Crippen LogP contribution in [0.1, 0.15) is 40.0 Å². The predicted octanol–water partition coefficient (Wildman–Crippen LogP) is 1.56. The minimum absolute atomic E-state index is 0.0452. The Morgan fingerprint density at radius 2 is 2.11 bits per heavy atom. The van der Waals surface area contributed by atoms with Crippen molar-refractivity contribution in [1.82, 2.24) is 15.1 Å². The third-order valence-corrected chi connectivity index (χ3v) is 3.53. The second-order valence-corrected chi connectivity index (χ2v) is 6.81. The van der Waals surface area contributed by atoms with Gasteiger partial charge in [-0.05, 0) is 45.3 Å². The van der Waals surface area contributed by atoms with Gasteiger partial charge in [0.25, 0.3) is 0 Å². The highest BCUT2D eigenvalue weighted by atomic mass is 16.2. The Morgan fingerprint density at radius 3 is 2.68 bits per heavy atom. The molecular formula is C15H31N3O. The third kappa shape index (κ3) is 5.49. The number of nitrogens with zero attached hydrogens (tertiary/aromatic N) is 2. The second-order valence-electron chi connectivity index (χ2n) is 6.81. The standard InChI is InChI=1S/C15H31N3O/c1-6-9-16-13-8-7-10-18(14(13)19)12-15(2,3)11-17(4)5/h13,16H,6-12H2,1-5H3. The Hall–Kier alpha value is -0.610. The van der Waals surface area contributed by atoms with Crippen LogP contribution in [0.2, 0.25) is 0 Å². The van der Waals surface area contributed by atoms with Gasteiger partial charge in [0.05, 0.1) is 6.04 Å². The number of hydrogen-bond donors (Lipinski definition) is 1. The van der Waals surface area contributed by atoms with Crippen molar-refractivity contribution in [3.05, 3.63) is 0 Å². The summed E-state index contributed by atoms with van der Waals surface area (Å²) < 4.78 is 0. The first kappa shape index (κ1) is 16.4. The number of carbonyl (C=O) groups excluding carboxylic acids is 1. The van der Waals surface area contributed by atoms with E-state index in [4.69, 9.17) is 0 Å². The highest BCUT2D eigenvalue weighted by molar-refractivity contribution is 5.82. The molecule has 1 amide bonds. The maximum atomic E-state index is 12.4. The molecule has 4 nitrogen and oxygen atoms in total. The first-order chi connectivity index (χ1) is 8.85. The van der Waals surface area contributed by atoms with Gasteiger partial charge in [-0.15, -0.1) is 0 Å². The number of carbonyl (C=O) groups is 1. The van der Waals surface area contributed by atoms with Crippen LogP contribution in [-0.2, 0) is 4.79 Å². The lowest BCUT2D eigenvalue weighted by molar-refractivity contribution is -0.137. The fourth-order valence-electron chi connectivity index (χ4n) is 3.03. The Balaban J connectivity index is 2.55. The van der Waals surface area contributed by atoms with Crippen LogP contribution < -0.4 is 5.32 Å². The Morgan fingerprint density at radius 1 is 1.42 bits per heavy atom. The van der Waals surface area contributed by atoms with E-state index in [9.17, 15) is 4.79 Å². The summed E-state index contributed by atoms with van der Waals surface area (Å²) in [5.41, 5.74) is 0.145. The van der Waals surface area contributed by atoms with E-state index in [2.05, 4.69) is 50.0 Å². The van der Waals surface area contributed by atoms with E-state index < -0.39 is 0 Å². The van der Waals surface area contributed by atoms with Gasteiger partial charge in [0.2, 0.25) is 5.91 Å². The number of nitrogens with one attached hydrogen (secondary N) is 1. The summed E-state index contributed by atoms with van der Waals surface area (Å²) in [6.07, 6.45) is 3.19. The highest BCUT2D eigenvalue weighted by Gasteiger charge is 2.32. The molecule has 112 valence electrons. The van der Waals surface area contributed by atoms with Gasteiger partial charge < -0.3 is 15.1 Å². The molecule has 1 N–H and O–H groups in total. The number of likely N-dealkylation sites (tertiary alicyclic amines) is 1. The lowest BCUT2D eigenvalue weighted by atomic mass is 9.90. The molecule has 1 unspecified atom stereocenters.